The Balaban J connectivity index is 1.56. The van der Waals surface area contributed by atoms with Gasteiger partial charge in [0.1, 0.15) is 18.3 Å². The van der Waals surface area contributed by atoms with E-state index < -0.39 is 43.0 Å². The molecule has 2 saturated heterocycles. The summed E-state index contributed by atoms with van der Waals surface area (Å²) in [5.74, 6) is -0.561. The van der Waals surface area contributed by atoms with E-state index in [1.165, 1.54) is 0 Å². The van der Waals surface area contributed by atoms with Crippen molar-refractivity contribution in [3.8, 4) is 0 Å². The van der Waals surface area contributed by atoms with E-state index in [0.717, 1.165) is 5.56 Å². The highest BCUT2D eigenvalue weighted by Gasteiger charge is 2.52. The van der Waals surface area contributed by atoms with E-state index in [9.17, 15) is 9.90 Å². The Hall–Kier alpha value is -2.55. The average Bonchev–Trinajstić information content (AvgIpc) is 2.80. The maximum atomic E-state index is 12.7. The molecule has 0 unspecified atom stereocenters. The van der Waals surface area contributed by atoms with Gasteiger partial charge in [-0.25, -0.2) is 4.79 Å². The quantitative estimate of drug-likeness (QED) is 0.577. The maximum absolute atomic E-state index is 12.7. The van der Waals surface area contributed by atoms with Gasteiger partial charge in [-0.2, -0.15) is 0 Å². The van der Waals surface area contributed by atoms with Gasteiger partial charge in [-0.05, 0) is 12.1 Å². The van der Waals surface area contributed by atoms with Crippen LogP contribution in [-0.4, -0.2) is 55.0 Å². The van der Waals surface area contributed by atoms with Gasteiger partial charge in [0.05, 0.1) is 18.8 Å². The second kappa shape index (κ2) is 9.51. The number of esters is 1. The van der Waals surface area contributed by atoms with Crippen LogP contribution in [0.25, 0.3) is 0 Å². The summed E-state index contributed by atoms with van der Waals surface area (Å²) in [5, 5.41) is 10.9. The van der Waals surface area contributed by atoms with Gasteiger partial charge in [0.15, 0.2) is 18.7 Å². The number of carbonyl (C=O) groups is 1. The van der Waals surface area contributed by atoms with Gasteiger partial charge in [0.25, 0.3) is 0 Å². The highest BCUT2D eigenvalue weighted by Crippen LogP contribution is 2.35. The third-order valence-corrected chi connectivity index (χ3v) is 5.01. The molecule has 6 atom stereocenters. The zero-order valence-electron chi connectivity index (χ0n) is 16.3. The number of ether oxygens (including phenoxy) is 5. The van der Waals surface area contributed by atoms with Crippen LogP contribution in [0.15, 0.2) is 73.3 Å². The Morgan fingerprint density at radius 2 is 1.80 bits per heavy atom. The van der Waals surface area contributed by atoms with Crippen molar-refractivity contribution in [1.29, 1.82) is 0 Å². The molecule has 30 heavy (non-hydrogen) atoms. The molecular formula is C23H24O7. The topological polar surface area (TPSA) is 83.5 Å². The number of hydrogen-bond donors (Lipinski definition) is 1. The molecule has 0 aromatic heterocycles. The van der Waals surface area contributed by atoms with Gasteiger partial charge in [-0.1, -0.05) is 54.6 Å². The molecule has 2 aromatic carbocycles. The fourth-order valence-electron chi connectivity index (χ4n) is 3.54. The summed E-state index contributed by atoms with van der Waals surface area (Å²) in [4.78, 5) is 12.7. The lowest BCUT2D eigenvalue weighted by Gasteiger charge is -2.47. The fraction of sp³-hybridized carbons (Fsp3) is 0.348. The summed E-state index contributed by atoms with van der Waals surface area (Å²) >= 11 is 0. The maximum Gasteiger partial charge on any atom is 0.338 e. The smallest absolute Gasteiger partial charge is 0.338 e. The van der Waals surface area contributed by atoms with Crippen LogP contribution in [0.5, 0.6) is 0 Å². The zero-order valence-corrected chi connectivity index (χ0v) is 16.3. The highest BCUT2D eigenvalue weighted by molar-refractivity contribution is 5.89. The molecule has 2 heterocycles. The van der Waals surface area contributed by atoms with Gasteiger partial charge >= 0.3 is 5.97 Å². The molecular weight excluding hydrogens is 388 g/mol. The van der Waals surface area contributed by atoms with Crippen LogP contribution in [0.4, 0.5) is 0 Å². The van der Waals surface area contributed by atoms with Crippen molar-refractivity contribution < 1.29 is 33.6 Å². The normalized spacial score (nSPS) is 30.8. The van der Waals surface area contributed by atoms with E-state index >= 15 is 0 Å². The first-order valence-corrected chi connectivity index (χ1v) is 9.81. The van der Waals surface area contributed by atoms with Crippen LogP contribution in [0, 0.1) is 0 Å². The van der Waals surface area contributed by atoms with E-state index in [2.05, 4.69) is 6.58 Å². The number of carbonyl (C=O) groups excluding carboxylic acids is 1. The highest BCUT2D eigenvalue weighted by atomic mass is 16.8. The third kappa shape index (κ3) is 4.45. The molecule has 2 fully saturated rings. The monoisotopic (exact) mass is 412 g/mol. The Kier molecular flexibility index (Phi) is 6.56. The number of fused-ring (bicyclic) bond motifs is 1. The predicted molar refractivity (Wildman–Crippen MR) is 106 cm³/mol. The Morgan fingerprint density at radius 1 is 1.10 bits per heavy atom. The minimum Gasteiger partial charge on any atom is -0.453 e. The van der Waals surface area contributed by atoms with E-state index in [1.807, 2.05) is 30.3 Å². The van der Waals surface area contributed by atoms with Crippen molar-refractivity contribution in [2.24, 2.45) is 0 Å². The summed E-state index contributed by atoms with van der Waals surface area (Å²) in [6.45, 7) is 3.98. The van der Waals surface area contributed by atoms with Gasteiger partial charge < -0.3 is 28.8 Å². The van der Waals surface area contributed by atoms with Crippen LogP contribution in [0.1, 0.15) is 22.2 Å². The van der Waals surface area contributed by atoms with Crippen molar-refractivity contribution in [3.05, 3.63) is 84.4 Å². The standard InChI is InChI=1S/C23H24O7/c1-2-13-26-23-18(24)20(29-21(25)15-9-5-3-6-10-15)19-17(28-23)14-27-22(30-19)16-11-7-4-8-12-16/h2-12,17-20,22-24H,1,13-14H2/t17-,18-,19+,20-,22+,23-/m1/s1. The van der Waals surface area contributed by atoms with E-state index in [1.54, 1.807) is 36.4 Å². The lowest BCUT2D eigenvalue weighted by atomic mass is 9.97. The lowest BCUT2D eigenvalue weighted by molar-refractivity contribution is -0.359. The minimum absolute atomic E-state index is 0.173. The van der Waals surface area contributed by atoms with E-state index in [4.69, 9.17) is 23.7 Å². The summed E-state index contributed by atoms with van der Waals surface area (Å²) in [7, 11) is 0. The SMILES string of the molecule is C=CCO[C@@H]1O[C@@H]2CO[C@H](c3ccccc3)O[C@@H]2[C@H](OC(=O)c2ccccc2)[C@H]1O. The second-order valence-electron chi connectivity index (χ2n) is 7.07. The van der Waals surface area contributed by atoms with Gasteiger partial charge in [-0.15, -0.1) is 6.58 Å². The van der Waals surface area contributed by atoms with Gasteiger partial charge in [0.2, 0.25) is 0 Å². The number of benzene rings is 2. The van der Waals surface area contributed by atoms with Crippen molar-refractivity contribution in [3.63, 3.8) is 0 Å². The summed E-state index contributed by atoms with van der Waals surface area (Å²) in [6.07, 6.45) is -3.65. The fourth-order valence-corrected chi connectivity index (χ4v) is 3.54. The minimum atomic E-state index is -1.24. The van der Waals surface area contributed by atoms with Crippen molar-refractivity contribution in [2.45, 2.75) is 37.0 Å². The van der Waals surface area contributed by atoms with E-state index in [0.29, 0.717) is 5.56 Å². The molecule has 4 rings (SSSR count). The average molecular weight is 412 g/mol. The molecule has 1 N–H and O–H groups in total. The number of hydrogen-bond acceptors (Lipinski definition) is 7. The molecule has 2 aromatic rings. The predicted octanol–water partition coefficient (Wildman–Crippen LogP) is 2.61. The Labute approximate surface area is 174 Å². The first kappa shape index (κ1) is 20.7. The molecule has 0 bridgehead atoms. The Morgan fingerprint density at radius 3 is 2.50 bits per heavy atom. The van der Waals surface area contributed by atoms with E-state index in [-0.39, 0.29) is 13.2 Å². The van der Waals surface area contributed by atoms with Crippen LogP contribution in [0.3, 0.4) is 0 Å². The van der Waals surface area contributed by atoms with Crippen LogP contribution >= 0.6 is 0 Å². The molecule has 0 amide bonds. The molecule has 7 nitrogen and oxygen atoms in total. The van der Waals surface area contributed by atoms with Crippen LogP contribution in [0.2, 0.25) is 0 Å². The number of aliphatic hydroxyl groups excluding tert-OH is 1. The largest absolute Gasteiger partial charge is 0.453 e. The lowest BCUT2D eigenvalue weighted by Crippen LogP contribution is -2.63. The molecule has 0 spiro atoms. The molecule has 0 aliphatic carbocycles. The van der Waals surface area contributed by atoms with Crippen molar-refractivity contribution >= 4 is 5.97 Å². The molecule has 2 aliphatic rings. The molecule has 2 aliphatic heterocycles. The van der Waals surface area contributed by atoms with Crippen LogP contribution < -0.4 is 0 Å². The van der Waals surface area contributed by atoms with Gasteiger partial charge in [-0.3, -0.25) is 0 Å². The summed E-state index contributed by atoms with van der Waals surface area (Å²) in [5.41, 5.74) is 1.20. The molecule has 158 valence electrons. The van der Waals surface area contributed by atoms with Gasteiger partial charge in [0, 0.05) is 5.56 Å². The first-order valence-electron chi connectivity index (χ1n) is 9.81. The molecule has 7 heteroatoms. The summed E-state index contributed by atoms with van der Waals surface area (Å²) < 4.78 is 29.0. The summed E-state index contributed by atoms with van der Waals surface area (Å²) in [6, 6.07) is 18.0. The third-order valence-electron chi connectivity index (χ3n) is 5.01. The molecule has 0 saturated carbocycles. The first-order chi connectivity index (χ1) is 14.7. The number of aliphatic hydroxyl groups is 1. The van der Waals surface area contributed by atoms with Crippen molar-refractivity contribution in [1.82, 2.24) is 0 Å². The number of rotatable bonds is 6. The Bertz CT molecular complexity index is 841. The molecule has 0 radical (unpaired) electrons. The van der Waals surface area contributed by atoms with Crippen molar-refractivity contribution in [2.75, 3.05) is 13.2 Å². The zero-order chi connectivity index (χ0) is 20.9. The second-order valence-corrected chi connectivity index (χ2v) is 7.07. The van der Waals surface area contributed by atoms with Crippen LogP contribution in [-0.2, 0) is 23.7 Å².